The first-order chi connectivity index (χ1) is 17.2. The second kappa shape index (κ2) is 15.1. The fourth-order valence-corrected chi connectivity index (χ4v) is 3.62. The zero-order chi connectivity index (χ0) is 26.5. The second-order valence-electron chi connectivity index (χ2n) is 7.98. The predicted molar refractivity (Wildman–Crippen MR) is 138 cm³/mol. The minimum Gasteiger partial charge on any atom is -0.481 e. The molecule has 1 fully saturated rings. The number of hydrogen-bond acceptors (Lipinski definition) is 7. The molecule has 12 heteroatoms. The summed E-state index contributed by atoms with van der Waals surface area (Å²) >= 11 is 11.8. The molecule has 10 nitrogen and oxygen atoms in total. The van der Waals surface area contributed by atoms with Gasteiger partial charge in [0.05, 0.1) is 11.4 Å². The largest absolute Gasteiger partial charge is 0.481 e. The van der Waals surface area contributed by atoms with Crippen molar-refractivity contribution < 1.29 is 24.2 Å². The molecule has 2 aromatic rings. The van der Waals surface area contributed by atoms with Crippen LogP contribution in [0.25, 0.3) is 0 Å². The first kappa shape index (κ1) is 29.2. The Labute approximate surface area is 220 Å². The molecule has 0 spiro atoms. The van der Waals surface area contributed by atoms with Crippen molar-refractivity contribution in [3.05, 3.63) is 52.1 Å². The Balaban J connectivity index is 0.000000319. The highest BCUT2D eigenvalue weighted by atomic mass is 35.5. The normalized spacial score (nSPS) is 13.5. The number of halogens is 2. The number of likely N-dealkylation sites (tertiary alicyclic amines) is 1. The van der Waals surface area contributed by atoms with Crippen molar-refractivity contribution >= 4 is 47.2 Å². The lowest BCUT2D eigenvalue weighted by molar-refractivity contribution is -0.137. The number of aliphatic carboxylic acids is 1. The van der Waals surface area contributed by atoms with Crippen LogP contribution in [-0.2, 0) is 20.9 Å². The number of hydrogen-bond donors (Lipinski definition) is 4. The molecule has 1 aliphatic rings. The number of anilines is 1. The minimum absolute atomic E-state index is 0.136. The van der Waals surface area contributed by atoms with Gasteiger partial charge in [-0.3, -0.25) is 14.4 Å². The van der Waals surface area contributed by atoms with Gasteiger partial charge in [-0.25, -0.2) is 4.98 Å². The number of carboxylic acid groups (broad SMARTS) is 1. The lowest BCUT2D eigenvalue weighted by atomic mass is 10.1. The highest BCUT2D eigenvalue weighted by molar-refractivity contribution is 6.35. The van der Waals surface area contributed by atoms with Crippen LogP contribution in [0.15, 0.2) is 36.5 Å². The summed E-state index contributed by atoms with van der Waals surface area (Å²) in [6.45, 7) is 4.14. The van der Waals surface area contributed by atoms with Crippen LogP contribution < -0.4 is 20.7 Å². The number of nitrogens with one attached hydrogen (secondary N) is 3. The van der Waals surface area contributed by atoms with E-state index in [1.165, 1.54) is 12.3 Å². The summed E-state index contributed by atoms with van der Waals surface area (Å²) in [7, 11) is 1.85. The van der Waals surface area contributed by atoms with Gasteiger partial charge in [0, 0.05) is 51.2 Å². The van der Waals surface area contributed by atoms with Gasteiger partial charge in [0.25, 0.3) is 5.91 Å². The third-order valence-corrected chi connectivity index (χ3v) is 5.68. The van der Waals surface area contributed by atoms with Crippen molar-refractivity contribution in [3.63, 3.8) is 0 Å². The summed E-state index contributed by atoms with van der Waals surface area (Å²) in [5, 5.41) is 18.0. The molecule has 1 saturated heterocycles. The number of carboxylic acids is 1. The van der Waals surface area contributed by atoms with E-state index in [0.717, 1.165) is 17.7 Å². The van der Waals surface area contributed by atoms with Crippen molar-refractivity contribution in [2.75, 3.05) is 32.0 Å². The first-order valence-corrected chi connectivity index (χ1v) is 12.2. The molecule has 0 radical (unpaired) electrons. The van der Waals surface area contributed by atoms with Crippen LogP contribution in [0.4, 0.5) is 5.69 Å². The highest BCUT2D eigenvalue weighted by Crippen LogP contribution is 2.25. The number of ether oxygens (including phenoxy) is 1. The molecule has 4 N–H and O–H groups in total. The van der Waals surface area contributed by atoms with E-state index in [1.807, 2.05) is 38.2 Å². The molecule has 0 bridgehead atoms. The van der Waals surface area contributed by atoms with Gasteiger partial charge in [-0.15, -0.1) is 0 Å². The third kappa shape index (κ3) is 9.88. The zero-order valence-corrected chi connectivity index (χ0v) is 21.7. The average Bonchev–Trinajstić information content (AvgIpc) is 2.84. The molecule has 1 unspecified atom stereocenters. The van der Waals surface area contributed by atoms with Crippen molar-refractivity contribution in [1.82, 2.24) is 20.5 Å². The van der Waals surface area contributed by atoms with Crippen LogP contribution in [-0.4, -0.2) is 72.1 Å². The standard InChI is InChI=1S/C17H19Cl2N3O2.C7H12N2O3/c1-3-15(24-17-14(19)8-12(18)10-22-17)16(23)21-9-11-5-4-6-13(7-11)20-2;10-5-9-3-6(4-9)8-2-1-7(11)12/h4-8,10,15,20H,3,9H2,1-2H3,(H,21,23);5-6,8H,1-4H2,(H,11,12). The molecule has 1 aliphatic heterocycles. The summed E-state index contributed by atoms with van der Waals surface area (Å²) in [6, 6.07) is 9.62. The Bertz CT molecular complexity index is 1020. The van der Waals surface area contributed by atoms with Gasteiger partial charge < -0.3 is 30.7 Å². The number of nitrogens with zero attached hydrogens (tertiary/aromatic N) is 2. The van der Waals surface area contributed by atoms with E-state index >= 15 is 0 Å². The van der Waals surface area contributed by atoms with E-state index in [4.69, 9.17) is 33.0 Å². The van der Waals surface area contributed by atoms with Gasteiger partial charge in [-0.05, 0) is 30.2 Å². The molecule has 36 heavy (non-hydrogen) atoms. The molecule has 2 heterocycles. The van der Waals surface area contributed by atoms with Crippen molar-refractivity contribution in [3.8, 4) is 5.88 Å². The van der Waals surface area contributed by atoms with Crippen LogP contribution >= 0.6 is 23.2 Å². The average molecular weight is 540 g/mol. The fourth-order valence-electron chi connectivity index (χ4n) is 3.20. The maximum absolute atomic E-state index is 12.3. The van der Waals surface area contributed by atoms with E-state index in [0.29, 0.717) is 37.6 Å². The summed E-state index contributed by atoms with van der Waals surface area (Å²) in [5.41, 5.74) is 1.98. The topological polar surface area (TPSA) is 133 Å². The van der Waals surface area contributed by atoms with E-state index in [1.54, 1.807) is 4.90 Å². The van der Waals surface area contributed by atoms with Crippen LogP contribution in [0.1, 0.15) is 25.3 Å². The van der Waals surface area contributed by atoms with Gasteiger partial charge in [-0.1, -0.05) is 42.3 Å². The first-order valence-electron chi connectivity index (χ1n) is 11.4. The lowest BCUT2D eigenvalue weighted by Crippen LogP contribution is -2.57. The summed E-state index contributed by atoms with van der Waals surface area (Å²) < 4.78 is 5.62. The predicted octanol–water partition coefficient (Wildman–Crippen LogP) is 2.80. The van der Waals surface area contributed by atoms with Crippen molar-refractivity contribution in [2.45, 2.75) is 38.5 Å². The van der Waals surface area contributed by atoms with Crippen LogP contribution in [0.2, 0.25) is 10.0 Å². The fraction of sp³-hybridized carbons (Fsp3) is 0.417. The van der Waals surface area contributed by atoms with E-state index in [9.17, 15) is 14.4 Å². The Kier molecular flexibility index (Phi) is 12.2. The van der Waals surface area contributed by atoms with Crippen molar-refractivity contribution in [2.24, 2.45) is 0 Å². The molecule has 1 aromatic carbocycles. The third-order valence-electron chi connectivity index (χ3n) is 5.20. The minimum atomic E-state index is -0.797. The molecule has 0 saturated carbocycles. The Morgan fingerprint density at radius 1 is 1.31 bits per heavy atom. The number of carbonyl (C=O) groups is 3. The quantitative estimate of drug-likeness (QED) is 0.302. The number of amides is 2. The zero-order valence-electron chi connectivity index (χ0n) is 20.2. The number of rotatable bonds is 12. The second-order valence-corrected chi connectivity index (χ2v) is 8.82. The summed E-state index contributed by atoms with van der Waals surface area (Å²) in [6.07, 6.45) is 2.18. The summed E-state index contributed by atoms with van der Waals surface area (Å²) in [5.74, 6) is -0.825. The maximum Gasteiger partial charge on any atom is 0.304 e. The number of benzene rings is 1. The Hall–Kier alpha value is -3.08. The van der Waals surface area contributed by atoms with Crippen LogP contribution in [0, 0.1) is 0 Å². The van der Waals surface area contributed by atoms with Crippen molar-refractivity contribution in [1.29, 1.82) is 0 Å². The van der Waals surface area contributed by atoms with E-state index in [2.05, 4.69) is 20.9 Å². The van der Waals surface area contributed by atoms with Gasteiger partial charge in [0.2, 0.25) is 12.3 Å². The molecule has 1 aromatic heterocycles. The molecule has 3 rings (SSSR count). The number of aromatic nitrogens is 1. The maximum atomic E-state index is 12.3. The van der Waals surface area contributed by atoms with Crippen LogP contribution in [0.5, 0.6) is 5.88 Å². The van der Waals surface area contributed by atoms with Gasteiger partial charge >= 0.3 is 5.97 Å². The molecule has 1 atom stereocenters. The molecule has 2 amide bonds. The number of pyridine rings is 1. The number of carbonyl (C=O) groups excluding carboxylic acids is 2. The smallest absolute Gasteiger partial charge is 0.304 e. The Morgan fingerprint density at radius 3 is 2.67 bits per heavy atom. The van der Waals surface area contributed by atoms with Gasteiger partial charge in [0.15, 0.2) is 6.10 Å². The van der Waals surface area contributed by atoms with E-state index < -0.39 is 12.1 Å². The SMILES string of the molecule is CCC(Oc1ncc(Cl)cc1Cl)C(=O)NCc1cccc(NC)c1.O=CN1CC(NCCC(=O)O)C1. The van der Waals surface area contributed by atoms with Gasteiger partial charge in [0.1, 0.15) is 5.02 Å². The molecular weight excluding hydrogens is 509 g/mol. The van der Waals surface area contributed by atoms with E-state index in [-0.39, 0.29) is 29.3 Å². The molecule has 196 valence electrons. The Morgan fingerprint density at radius 2 is 2.06 bits per heavy atom. The molecular formula is C24H31Cl2N5O5. The monoisotopic (exact) mass is 539 g/mol. The molecule has 0 aliphatic carbocycles. The highest BCUT2D eigenvalue weighted by Gasteiger charge is 2.24. The summed E-state index contributed by atoms with van der Waals surface area (Å²) in [4.78, 5) is 38.2. The lowest BCUT2D eigenvalue weighted by Gasteiger charge is -2.36. The van der Waals surface area contributed by atoms with Gasteiger partial charge in [-0.2, -0.15) is 0 Å². The van der Waals surface area contributed by atoms with Crippen LogP contribution in [0.3, 0.4) is 0 Å².